The highest BCUT2D eigenvalue weighted by atomic mass is 35.5. The Morgan fingerprint density at radius 2 is 2.25 bits per heavy atom. The van der Waals surface area contributed by atoms with Gasteiger partial charge in [-0.05, 0) is 36.5 Å². The standard InChI is InChI=1S/C16H21ClN2O/c1-2-10-4-3-5-12(6-10)18-15-7-11-8-16(20)19-14(11)9-13(15)17/h7,9-10,12,18H,2-6,8H2,1H3,(H,19,20). The Labute approximate surface area is 125 Å². The van der Waals surface area contributed by atoms with Crippen molar-refractivity contribution >= 4 is 28.9 Å². The van der Waals surface area contributed by atoms with Gasteiger partial charge in [-0.3, -0.25) is 4.79 Å². The number of benzene rings is 1. The van der Waals surface area contributed by atoms with Crippen LogP contribution in [0.5, 0.6) is 0 Å². The number of amides is 1. The van der Waals surface area contributed by atoms with Crippen LogP contribution in [0.1, 0.15) is 44.6 Å². The van der Waals surface area contributed by atoms with Crippen LogP contribution >= 0.6 is 11.6 Å². The monoisotopic (exact) mass is 292 g/mol. The molecular weight excluding hydrogens is 272 g/mol. The molecule has 1 heterocycles. The molecule has 4 heteroatoms. The van der Waals surface area contributed by atoms with E-state index in [0.717, 1.165) is 22.9 Å². The van der Waals surface area contributed by atoms with Crippen LogP contribution in [0.4, 0.5) is 11.4 Å². The molecule has 20 heavy (non-hydrogen) atoms. The summed E-state index contributed by atoms with van der Waals surface area (Å²) in [6.07, 6.45) is 6.80. The van der Waals surface area contributed by atoms with E-state index in [0.29, 0.717) is 17.5 Å². The second kappa shape index (κ2) is 5.65. The van der Waals surface area contributed by atoms with Gasteiger partial charge in [-0.2, -0.15) is 0 Å². The summed E-state index contributed by atoms with van der Waals surface area (Å²) in [5, 5.41) is 7.12. The molecule has 0 bridgehead atoms. The Bertz CT molecular complexity index is 529. The Morgan fingerprint density at radius 1 is 1.40 bits per heavy atom. The summed E-state index contributed by atoms with van der Waals surface area (Å²) in [6, 6.07) is 4.41. The van der Waals surface area contributed by atoms with Crippen molar-refractivity contribution in [3.63, 3.8) is 0 Å². The normalized spacial score (nSPS) is 25.2. The summed E-state index contributed by atoms with van der Waals surface area (Å²) < 4.78 is 0. The minimum atomic E-state index is 0.0527. The second-order valence-corrected chi connectivity index (χ2v) is 6.40. The summed E-state index contributed by atoms with van der Waals surface area (Å²) in [6.45, 7) is 2.27. The molecule has 1 aliphatic heterocycles. The molecule has 3 rings (SSSR count). The van der Waals surface area contributed by atoms with Crippen molar-refractivity contribution in [1.29, 1.82) is 0 Å². The maximum Gasteiger partial charge on any atom is 0.228 e. The molecule has 1 saturated carbocycles. The van der Waals surface area contributed by atoms with E-state index in [1.54, 1.807) is 0 Å². The van der Waals surface area contributed by atoms with E-state index < -0.39 is 0 Å². The van der Waals surface area contributed by atoms with E-state index >= 15 is 0 Å². The predicted octanol–water partition coefficient (Wildman–Crippen LogP) is 4.22. The lowest BCUT2D eigenvalue weighted by Gasteiger charge is -2.30. The fourth-order valence-electron chi connectivity index (χ4n) is 3.37. The molecule has 0 radical (unpaired) electrons. The van der Waals surface area contributed by atoms with E-state index in [1.807, 2.05) is 12.1 Å². The average molecular weight is 293 g/mol. The molecule has 108 valence electrons. The van der Waals surface area contributed by atoms with Crippen LogP contribution in [0, 0.1) is 5.92 Å². The van der Waals surface area contributed by atoms with Crippen molar-refractivity contribution in [2.75, 3.05) is 10.6 Å². The number of carbonyl (C=O) groups is 1. The van der Waals surface area contributed by atoms with E-state index in [1.165, 1.54) is 32.1 Å². The van der Waals surface area contributed by atoms with Gasteiger partial charge in [0.1, 0.15) is 0 Å². The third-order valence-corrected chi connectivity index (χ3v) is 4.85. The van der Waals surface area contributed by atoms with Gasteiger partial charge in [0.2, 0.25) is 5.91 Å². The van der Waals surface area contributed by atoms with Crippen LogP contribution in [0.15, 0.2) is 12.1 Å². The summed E-state index contributed by atoms with van der Waals surface area (Å²) in [5.74, 6) is 0.884. The molecule has 1 aromatic carbocycles. The van der Waals surface area contributed by atoms with Crippen molar-refractivity contribution < 1.29 is 4.79 Å². The van der Waals surface area contributed by atoms with Crippen molar-refractivity contribution in [3.8, 4) is 0 Å². The van der Waals surface area contributed by atoms with E-state index in [4.69, 9.17) is 11.6 Å². The highest BCUT2D eigenvalue weighted by Gasteiger charge is 2.23. The molecule has 2 atom stereocenters. The van der Waals surface area contributed by atoms with Gasteiger partial charge < -0.3 is 10.6 Å². The topological polar surface area (TPSA) is 41.1 Å². The molecule has 1 aliphatic carbocycles. The van der Waals surface area contributed by atoms with Gasteiger partial charge in [0, 0.05) is 11.7 Å². The highest BCUT2D eigenvalue weighted by molar-refractivity contribution is 6.33. The molecule has 3 nitrogen and oxygen atoms in total. The second-order valence-electron chi connectivity index (χ2n) is 6.00. The number of rotatable bonds is 3. The number of hydrogen-bond acceptors (Lipinski definition) is 2. The zero-order valence-corrected chi connectivity index (χ0v) is 12.6. The maximum absolute atomic E-state index is 11.4. The van der Waals surface area contributed by atoms with Gasteiger partial charge in [-0.15, -0.1) is 0 Å². The first-order valence-electron chi connectivity index (χ1n) is 7.54. The van der Waals surface area contributed by atoms with Gasteiger partial charge in [0.05, 0.1) is 17.1 Å². The number of halogens is 1. The summed E-state index contributed by atoms with van der Waals surface area (Å²) in [5.41, 5.74) is 2.88. The van der Waals surface area contributed by atoms with Crippen LogP contribution in [-0.2, 0) is 11.2 Å². The average Bonchev–Trinajstić information content (AvgIpc) is 2.78. The van der Waals surface area contributed by atoms with Crippen LogP contribution in [0.3, 0.4) is 0 Å². The van der Waals surface area contributed by atoms with Crippen molar-refractivity contribution in [2.45, 2.75) is 51.5 Å². The SMILES string of the molecule is CCC1CCCC(Nc2cc3c(cc2Cl)NC(=O)C3)C1. The zero-order valence-electron chi connectivity index (χ0n) is 11.8. The lowest BCUT2D eigenvalue weighted by molar-refractivity contribution is -0.115. The smallest absolute Gasteiger partial charge is 0.228 e. The van der Waals surface area contributed by atoms with Gasteiger partial charge in [-0.25, -0.2) is 0 Å². The van der Waals surface area contributed by atoms with Gasteiger partial charge in [-0.1, -0.05) is 37.8 Å². The minimum Gasteiger partial charge on any atom is -0.381 e. The van der Waals surface area contributed by atoms with Crippen molar-refractivity contribution in [3.05, 3.63) is 22.7 Å². The molecule has 0 aromatic heterocycles. The molecule has 2 aliphatic rings. The first-order chi connectivity index (χ1) is 9.65. The molecule has 2 unspecified atom stereocenters. The molecule has 1 aromatic rings. The third kappa shape index (κ3) is 2.78. The summed E-state index contributed by atoms with van der Waals surface area (Å²) >= 11 is 6.33. The van der Waals surface area contributed by atoms with Gasteiger partial charge in [0.25, 0.3) is 0 Å². The number of fused-ring (bicyclic) bond motifs is 1. The van der Waals surface area contributed by atoms with E-state index in [-0.39, 0.29) is 5.91 Å². The summed E-state index contributed by atoms with van der Waals surface area (Å²) in [4.78, 5) is 11.4. The van der Waals surface area contributed by atoms with Crippen LogP contribution < -0.4 is 10.6 Å². The largest absolute Gasteiger partial charge is 0.381 e. The number of nitrogens with one attached hydrogen (secondary N) is 2. The highest BCUT2D eigenvalue weighted by Crippen LogP contribution is 2.35. The Morgan fingerprint density at radius 3 is 3.05 bits per heavy atom. The Kier molecular flexibility index (Phi) is 3.88. The lowest BCUT2D eigenvalue weighted by Crippen LogP contribution is -2.27. The number of carbonyl (C=O) groups excluding carboxylic acids is 1. The maximum atomic E-state index is 11.4. The fourth-order valence-corrected chi connectivity index (χ4v) is 3.59. The molecule has 0 saturated heterocycles. The molecular formula is C16H21ClN2O. The summed E-state index contributed by atoms with van der Waals surface area (Å²) in [7, 11) is 0. The fraction of sp³-hybridized carbons (Fsp3) is 0.562. The minimum absolute atomic E-state index is 0.0527. The van der Waals surface area contributed by atoms with E-state index in [2.05, 4.69) is 17.6 Å². The number of anilines is 2. The quantitative estimate of drug-likeness (QED) is 0.876. The van der Waals surface area contributed by atoms with Crippen LogP contribution in [0.25, 0.3) is 0 Å². The van der Waals surface area contributed by atoms with Crippen LogP contribution in [-0.4, -0.2) is 11.9 Å². The van der Waals surface area contributed by atoms with Gasteiger partial charge >= 0.3 is 0 Å². The van der Waals surface area contributed by atoms with Gasteiger partial charge in [0.15, 0.2) is 0 Å². The van der Waals surface area contributed by atoms with Crippen LogP contribution in [0.2, 0.25) is 5.02 Å². The first-order valence-corrected chi connectivity index (χ1v) is 7.92. The first kappa shape index (κ1) is 13.7. The predicted molar refractivity (Wildman–Crippen MR) is 83.4 cm³/mol. The Balaban J connectivity index is 1.74. The number of hydrogen-bond donors (Lipinski definition) is 2. The third-order valence-electron chi connectivity index (χ3n) is 4.54. The lowest BCUT2D eigenvalue weighted by atomic mass is 9.84. The van der Waals surface area contributed by atoms with Crippen molar-refractivity contribution in [2.24, 2.45) is 5.92 Å². The van der Waals surface area contributed by atoms with Crippen molar-refractivity contribution in [1.82, 2.24) is 0 Å². The molecule has 1 amide bonds. The molecule has 0 spiro atoms. The van der Waals surface area contributed by atoms with E-state index in [9.17, 15) is 4.79 Å². The zero-order chi connectivity index (χ0) is 14.1. The molecule has 1 fully saturated rings. The molecule has 2 N–H and O–H groups in total. The Hall–Kier alpha value is -1.22.